The predicted octanol–water partition coefficient (Wildman–Crippen LogP) is -0.652. The molecule has 1 atom stereocenters. The van der Waals surface area contributed by atoms with E-state index in [9.17, 15) is 9.59 Å². The first-order valence-corrected chi connectivity index (χ1v) is 4.03. The molecule has 1 unspecified atom stereocenters. The lowest BCUT2D eigenvalue weighted by atomic mass is 10.1. The normalized spacial score (nSPS) is 27.0. The predicted molar refractivity (Wildman–Crippen MR) is 44.7 cm³/mol. The standard InChI is InChI=1S/C8H14N2O2/c1-9-4-3-7(8(12)5-11)10(2)6-9/h5,7H,3-4,6H2,1-2H3. The molecular formula is C8H14N2O2. The van der Waals surface area contributed by atoms with E-state index in [-0.39, 0.29) is 11.8 Å². The van der Waals surface area contributed by atoms with Crippen LogP contribution in [0, 0.1) is 0 Å². The zero-order valence-corrected chi connectivity index (χ0v) is 7.49. The molecule has 68 valence electrons. The van der Waals surface area contributed by atoms with Crippen LogP contribution < -0.4 is 0 Å². The second-order valence-corrected chi connectivity index (χ2v) is 3.30. The molecule has 0 N–H and O–H groups in total. The highest BCUT2D eigenvalue weighted by molar-refractivity contribution is 6.27. The van der Waals surface area contributed by atoms with Gasteiger partial charge in [0.15, 0.2) is 6.29 Å². The zero-order chi connectivity index (χ0) is 9.14. The number of nitrogens with zero attached hydrogens (tertiary/aromatic N) is 2. The molecule has 1 saturated heterocycles. The summed E-state index contributed by atoms with van der Waals surface area (Å²) < 4.78 is 0. The van der Waals surface area contributed by atoms with Gasteiger partial charge in [0.05, 0.1) is 12.7 Å². The first-order chi connectivity index (χ1) is 5.65. The van der Waals surface area contributed by atoms with E-state index in [2.05, 4.69) is 4.90 Å². The molecule has 4 heteroatoms. The van der Waals surface area contributed by atoms with Crippen LogP contribution in [-0.2, 0) is 9.59 Å². The van der Waals surface area contributed by atoms with Crippen molar-refractivity contribution in [3.63, 3.8) is 0 Å². The number of rotatable bonds is 2. The Morgan fingerprint density at radius 3 is 2.67 bits per heavy atom. The third-order valence-corrected chi connectivity index (χ3v) is 2.23. The van der Waals surface area contributed by atoms with E-state index >= 15 is 0 Å². The SMILES string of the molecule is CN1CCC(C(=O)C=O)N(C)C1. The summed E-state index contributed by atoms with van der Waals surface area (Å²) >= 11 is 0. The van der Waals surface area contributed by atoms with E-state index in [0.29, 0.717) is 6.29 Å². The highest BCUT2D eigenvalue weighted by atomic mass is 16.2. The molecule has 1 aliphatic rings. The second-order valence-electron chi connectivity index (χ2n) is 3.30. The van der Waals surface area contributed by atoms with Gasteiger partial charge in [-0.2, -0.15) is 0 Å². The Bertz CT molecular complexity index is 193. The van der Waals surface area contributed by atoms with Gasteiger partial charge in [-0.25, -0.2) is 0 Å². The van der Waals surface area contributed by atoms with Crippen LogP contribution in [0.1, 0.15) is 6.42 Å². The minimum absolute atomic E-state index is 0.196. The Morgan fingerprint density at radius 2 is 2.17 bits per heavy atom. The number of Topliss-reactive ketones (excluding diaryl/α,β-unsaturated/α-hetero) is 1. The number of likely N-dealkylation sites (N-methyl/N-ethyl adjacent to an activating group) is 1. The van der Waals surface area contributed by atoms with E-state index in [1.807, 2.05) is 19.0 Å². The number of ketones is 1. The summed E-state index contributed by atoms with van der Waals surface area (Å²) in [6.07, 6.45) is 1.18. The van der Waals surface area contributed by atoms with E-state index in [4.69, 9.17) is 0 Å². The van der Waals surface area contributed by atoms with Gasteiger partial charge in [0.2, 0.25) is 5.78 Å². The monoisotopic (exact) mass is 170 g/mol. The van der Waals surface area contributed by atoms with Gasteiger partial charge in [0.25, 0.3) is 0 Å². The summed E-state index contributed by atoms with van der Waals surface area (Å²) in [6, 6.07) is -0.196. The fourth-order valence-corrected chi connectivity index (χ4v) is 1.55. The van der Waals surface area contributed by atoms with E-state index in [0.717, 1.165) is 19.6 Å². The Balaban J connectivity index is 2.55. The molecule has 0 amide bonds. The summed E-state index contributed by atoms with van der Waals surface area (Å²) in [5, 5.41) is 0. The number of aldehydes is 1. The molecule has 0 aromatic rings. The van der Waals surface area contributed by atoms with Crippen LogP contribution >= 0.6 is 0 Å². The first-order valence-electron chi connectivity index (χ1n) is 4.03. The Kier molecular flexibility index (Phi) is 2.94. The van der Waals surface area contributed by atoms with Gasteiger partial charge in [-0.15, -0.1) is 0 Å². The molecule has 1 fully saturated rings. The molecule has 0 aromatic carbocycles. The largest absolute Gasteiger partial charge is 0.295 e. The lowest BCUT2D eigenvalue weighted by Gasteiger charge is -2.35. The molecule has 0 spiro atoms. The molecule has 0 aliphatic carbocycles. The number of hydrogen-bond donors (Lipinski definition) is 0. The van der Waals surface area contributed by atoms with Crippen LogP contribution in [-0.4, -0.2) is 55.2 Å². The summed E-state index contributed by atoms with van der Waals surface area (Å²) in [7, 11) is 3.86. The number of carbonyl (C=O) groups is 2. The van der Waals surface area contributed by atoms with Crippen molar-refractivity contribution in [1.82, 2.24) is 9.80 Å². The minimum Gasteiger partial charge on any atom is -0.295 e. The van der Waals surface area contributed by atoms with Crippen molar-refractivity contribution in [3.05, 3.63) is 0 Å². The molecule has 0 bridgehead atoms. The molecule has 1 heterocycles. The van der Waals surface area contributed by atoms with Crippen molar-refractivity contribution in [2.45, 2.75) is 12.5 Å². The van der Waals surface area contributed by atoms with E-state index in [1.165, 1.54) is 0 Å². The Labute approximate surface area is 72.1 Å². The van der Waals surface area contributed by atoms with Crippen LogP contribution in [0.25, 0.3) is 0 Å². The highest BCUT2D eigenvalue weighted by Crippen LogP contribution is 2.10. The highest BCUT2D eigenvalue weighted by Gasteiger charge is 2.27. The van der Waals surface area contributed by atoms with Gasteiger partial charge < -0.3 is 0 Å². The zero-order valence-electron chi connectivity index (χ0n) is 7.49. The minimum atomic E-state index is -0.300. The Morgan fingerprint density at radius 1 is 1.50 bits per heavy atom. The average molecular weight is 170 g/mol. The van der Waals surface area contributed by atoms with Gasteiger partial charge in [-0.1, -0.05) is 0 Å². The third-order valence-electron chi connectivity index (χ3n) is 2.23. The molecule has 12 heavy (non-hydrogen) atoms. The maximum absolute atomic E-state index is 11.1. The van der Waals surface area contributed by atoms with Gasteiger partial charge >= 0.3 is 0 Å². The molecule has 0 saturated carbocycles. The van der Waals surface area contributed by atoms with Crippen molar-refractivity contribution >= 4 is 12.1 Å². The summed E-state index contributed by atoms with van der Waals surface area (Å²) in [5.41, 5.74) is 0. The van der Waals surface area contributed by atoms with Crippen LogP contribution in [0.15, 0.2) is 0 Å². The van der Waals surface area contributed by atoms with E-state index in [1.54, 1.807) is 0 Å². The number of hydrogen-bond acceptors (Lipinski definition) is 4. The van der Waals surface area contributed by atoms with Crippen LogP contribution in [0.3, 0.4) is 0 Å². The smallest absolute Gasteiger partial charge is 0.212 e. The van der Waals surface area contributed by atoms with E-state index < -0.39 is 0 Å². The maximum atomic E-state index is 11.1. The summed E-state index contributed by atoms with van der Waals surface area (Å²) in [6.45, 7) is 1.64. The topological polar surface area (TPSA) is 40.6 Å². The molecule has 4 nitrogen and oxygen atoms in total. The van der Waals surface area contributed by atoms with Crippen molar-refractivity contribution < 1.29 is 9.59 Å². The van der Waals surface area contributed by atoms with Crippen molar-refractivity contribution in [1.29, 1.82) is 0 Å². The van der Waals surface area contributed by atoms with Crippen molar-refractivity contribution in [2.24, 2.45) is 0 Å². The van der Waals surface area contributed by atoms with Crippen LogP contribution in [0.2, 0.25) is 0 Å². The van der Waals surface area contributed by atoms with Gasteiger partial charge in [-0.3, -0.25) is 19.4 Å². The molecule has 1 aliphatic heterocycles. The van der Waals surface area contributed by atoms with Gasteiger partial charge in [0.1, 0.15) is 0 Å². The van der Waals surface area contributed by atoms with Crippen LogP contribution in [0.5, 0.6) is 0 Å². The Hall–Kier alpha value is -0.740. The van der Waals surface area contributed by atoms with Gasteiger partial charge in [0, 0.05) is 6.54 Å². The summed E-state index contributed by atoms with van der Waals surface area (Å²) in [4.78, 5) is 25.3. The fraction of sp³-hybridized carbons (Fsp3) is 0.750. The van der Waals surface area contributed by atoms with Crippen molar-refractivity contribution in [3.8, 4) is 0 Å². The first kappa shape index (κ1) is 9.35. The fourth-order valence-electron chi connectivity index (χ4n) is 1.55. The number of carbonyl (C=O) groups excluding carboxylic acids is 2. The lowest BCUT2D eigenvalue weighted by Crippen LogP contribution is -2.50. The average Bonchev–Trinajstić information content (AvgIpc) is 2.03. The van der Waals surface area contributed by atoms with Crippen LogP contribution in [0.4, 0.5) is 0 Å². The second kappa shape index (κ2) is 3.78. The quantitative estimate of drug-likeness (QED) is 0.408. The lowest BCUT2D eigenvalue weighted by molar-refractivity contribution is -0.135. The summed E-state index contributed by atoms with van der Waals surface area (Å²) in [5.74, 6) is -0.300. The molecular weight excluding hydrogens is 156 g/mol. The molecule has 0 radical (unpaired) electrons. The maximum Gasteiger partial charge on any atom is 0.212 e. The van der Waals surface area contributed by atoms with Gasteiger partial charge in [-0.05, 0) is 20.5 Å². The third kappa shape index (κ3) is 1.89. The molecule has 0 aromatic heterocycles. The van der Waals surface area contributed by atoms with Crippen molar-refractivity contribution in [2.75, 3.05) is 27.3 Å². The molecule has 1 rings (SSSR count).